The van der Waals surface area contributed by atoms with Crippen LogP contribution in [0, 0.1) is 20.4 Å². The zero-order valence-corrected chi connectivity index (χ0v) is 11.7. The zero-order valence-electron chi connectivity index (χ0n) is 6.01. The van der Waals surface area contributed by atoms with Crippen molar-refractivity contribution in [2.75, 3.05) is 13.1 Å². The van der Waals surface area contributed by atoms with Crippen molar-refractivity contribution < 1.29 is 65.4 Å². The molecule has 0 aromatic rings. The van der Waals surface area contributed by atoms with E-state index in [1.165, 1.54) is 0 Å². The van der Waals surface area contributed by atoms with E-state index in [1.807, 2.05) is 18.4 Å². The summed E-state index contributed by atoms with van der Waals surface area (Å²) in [5.41, 5.74) is 0. The third-order valence-corrected chi connectivity index (χ3v) is 0.940. The molecule has 0 amide bonds. The molecule has 0 aromatic heterocycles. The second kappa shape index (κ2) is 12.8. The van der Waals surface area contributed by atoms with Crippen LogP contribution in [-0.4, -0.2) is 18.0 Å². The molecule has 0 rings (SSSR count). The summed E-state index contributed by atoms with van der Waals surface area (Å²) < 4.78 is 0. The Morgan fingerprint density at radius 1 is 1.22 bits per heavy atom. The van der Waals surface area contributed by atoms with Crippen molar-refractivity contribution in [3.05, 3.63) is 20.4 Å². The van der Waals surface area contributed by atoms with Gasteiger partial charge in [-0.2, -0.15) is 20.0 Å². The molecule has 1 nitrogen and oxygen atoms in total. The predicted molar refractivity (Wildman–Crippen MR) is 32.3 cm³/mol. The molecule has 9 heavy (non-hydrogen) atoms. The maximum atomic E-state index is 3.68. The molecule has 0 saturated carbocycles. The van der Waals surface area contributed by atoms with Gasteiger partial charge in [0.05, 0.1) is 0 Å². The fraction of sp³-hybridized carbons (Fsp3) is 0.500. The van der Waals surface area contributed by atoms with Gasteiger partial charge in [-0.15, -0.1) is 0 Å². The second-order valence-corrected chi connectivity index (χ2v) is 1.29. The van der Waals surface area contributed by atoms with Gasteiger partial charge in [-0.25, -0.2) is 0 Å². The van der Waals surface area contributed by atoms with Crippen LogP contribution >= 0.6 is 0 Å². The molecule has 0 aromatic carbocycles. The summed E-state index contributed by atoms with van der Waals surface area (Å²) in [7, 11) is 0. The van der Waals surface area contributed by atoms with Crippen LogP contribution in [0.5, 0.6) is 0 Å². The van der Waals surface area contributed by atoms with E-state index >= 15 is 0 Å². The Bertz CT molecular complexity index is 32.5. The van der Waals surface area contributed by atoms with Gasteiger partial charge in [0.1, 0.15) is 0 Å². The molecule has 0 aliphatic rings. The van der Waals surface area contributed by atoms with Crippen molar-refractivity contribution in [3.8, 4) is 0 Å². The van der Waals surface area contributed by atoms with Gasteiger partial charge in [0.25, 0.3) is 0 Å². The molecule has 0 spiro atoms. The molecule has 2 radical (unpaired) electrons. The van der Waals surface area contributed by atoms with E-state index in [0.29, 0.717) is 0 Å². The first-order valence-corrected chi connectivity index (χ1v) is 2.47. The number of rotatable bonds is 3. The second-order valence-electron chi connectivity index (χ2n) is 1.29. The van der Waals surface area contributed by atoms with E-state index in [-0.39, 0.29) is 65.4 Å². The molecule has 0 aliphatic heterocycles. The third-order valence-electron chi connectivity index (χ3n) is 0.940. The van der Waals surface area contributed by atoms with E-state index in [4.69, 9.17) is 0 Å². The summed E-state index contributed by atoms with van der Waals surface area (Å²) >= 11 is 0. The molecule has 0 N–H and O–H groups in total. The standard InChI is InChI=1S/C6H12N.2Y/c1-4-7(5-2)6-3;;/h6H,1-2,4-5H2,3H3;;/q-3;;. The quantitative estimate of drug-likeness (QED) is 0.698. The molecular weight excluding hydrogens is 264 g/mol. The largest absolute Gasteiger partial charge is 0.507 e. The smallest absolute Gasteiger partial charge is 0 e. The average molecular weight is 276 g/mol. The Hall–Kier alpha value is 2.17. The number of hydrogen-bond acceptors (Lipinski definition) is 1. The van der Waals surface area contributed by atoms with Crippen LogP contribution in [0.15, 0.2) is 0 Å². The molecule has 0 saturated heterocycles. The molecule has 3 heteroatoms. The van der Waals surface area contributed by atoms with Gasteiger partial charge in [-0.3, -0.25) is 6.54 Å². The summed E-state index contributed by atoms with van der Waals surface area (Å²) in [6, 6.07) is 0. The predicted octanol–water partition coefficient (Wildman–Crippen LogP) is 1.13. The first-order valence-electron chi connectivity index (χ1n) is 2.47. The molecule has 0 bridgehead atoms. The van der Waals surface area contributed by atoms with Crippen molar-refractivity contribution in [2.45, 2.75) is 6.92 Å². The summed E-state index contributed by atoms with van der Waals surface area (Å²) in [4.78, 5) is 2.03. The molecule has 0 heterocycles. The SMILES string of the molecule is [CH2-]CN([CH-]C)C[CH2-].[Y].[Y]. The fourth-order valence-corrected chi connectivity index (χ4v) is 0.370. The number of hydrogen-bond donors (Lipinski definition) is 0. The molecule has 0 fully saturated rings. The van der Waals surface area contributed by atoms with Crippen LogP contribution in [-0.2, 0) is 65.4 Å². The van der Waals surface area contributed by atoms with E-state index in [9.17, 15) is 0 Å². The van der Waals surface area contributed by atoms with Gasteiger partial charge in [0.15, 0.2) is 0 Å². The Kier molecular flexibility index (Phi) is 24.6. The minimum atomic E-state index is 0. The van der Waals surface area contributed by atoms with Crippen molar-refractivity contribution >= 4 is 0 Å². The normalized spacial score (nSPS) is 8.00. The summed E-state index contributed by atoms with van der Waals surface area (Å²) in [6.07, 6.45) is 0. The number of nitrogens with zero attached hydrogens (tertiary/aromatic N) is 1. The van der Waals surface area contributed by atoms with Crippen molar-refractivity contribution in [2.24, 2.45) is 0 Å². The minimum absolute atomic E-state index is 0. The van der Waals surface area contributed by atoms with Crippen LogP contribution in [0.2, 0.25) is 0 Å². The van der Waals surface area contributed by atoms with Gasteiger partial charge < -0.3 is 18.7 Å². The van der Waals surface area contributed by atoms with Gasteiger partial charge in [-0.1, -0.05) is 0 Å². The molecular formula is C6H12NY2-3. The minimum Gasteiger partial charge on any atom is -0.507 e. The van der Waals surface area contributed by atoms with Gasteiger partial charge >= 0.3 is 0 Å². The fourth-order valence-electron chi connectivity index (χ4n) is 0.370. The first kappa shape index (κ1) is 17.3. The molecule has 0 aliphatic carbocycles. The van der Waals surface area contributed by atoms with Crippen molar-refractivity contribution in [1.82, 2.24) is 4.90 Å². The van der Waals surface area contributed by atoms with E-state index in [0.717, 1.165) is 13.1 Å². The topological polar surface area (TPSA) is 3.24 Å². The Morgan fingerprint density at radius 2 is 1.56 bits per heavy atom. The van der Waals surface area contributed by atoms with E-state index in [1.54, 1.807) is 0 Å². The van der Waals surface area contributed by atoms with Crippen LogP contribution in [0.1, 0.15) is 6.92 Å². The Labute approximate surface area is 109 Å². The maximum Gasteiger partial charge on any atom is 0 e. The Morgan fingerprint density at radius 3 is 1.56 bits per heavy atom. The Balaban J connectivity index is -0.000000180. The monoisotopic (exact) mass is 276 g/mol. The summed E-state index contributed by atoms with van der Waals surface area (Å²) in [5, 5.41) is 0. The van der Waals surface area contributed by atoms with Gasteiger partial charge in [-0.05, 0) is 0 Å². The van der Waals surface area contributed by atoms with Crippen LogP contribution < -0.4 is 0 Å². The van der Waals surface area contributed by atoms with Crippen LogP contribution in [0.25, 0.3) is 0 Å². The van der Waals surface area contributed by atoms with Gasteiger partial charge in [0, 0.05) is 65.4 Å². The molecule has 0 unspecified atom stereocenters. The van der Waals surface area contributed by atoms with Crippen molar-refractivity contribution in [3.63, 3.8) is 0 Å². The maximum absolute atomic E-state index is 3.68. The van der Waals surface area contributed by atoms with Gasteiger partial charge in [0.2, 0.25) is 0 Å². The van der Waals surface area contributed by atoms with E-state index in [2.05, 4.69) is 13.8 Å². The summed E-state index contributed by atoms with van der Waals surface area (Å²) in [5.74, 6) is 0. The van der Waals surface area contributed by atoms with Crippen LogP contribution in [0.3, 0.4) is 0 Å². The molecule has 0 atom stereocenters. The molecule has 50 valence electrons. The zero-order chi connectivity index (χ0) is 5.70. The van der Waals surface area contributed by atoms with E-state index < -0.39 is 0 Å². The third kappa shape index (κ3) is 10.2. The van der Waals surface area contributed by atoms with Crippen molar-refractivity contribution in [1.29, 1.82) is 0 Å². The first-order chi connectivity index (χ1) is 3.35. The van der Waals surface area contributed by atoms with Crippen LogP contribution in [0.4, 0.5) is 0 Å². The average Bonchev–Trinajstić information content (AvgIpc) is 1.72. The summed E-state index contributed by atoms with van der Waals surface area (Å²) in [6.45, 7) is 13.0.